The van der Waals surface area contributed by atoms with Crippen LogP contribution in [0.15, 0.2) is 29.2 Å². The van der Waals surface area contributed by atoms with Crippen molar-refractivity contribution >= 4 is 10.0 Å². The van der Waals surface area contributed by atoms with Crippen LogP contribution in [0.4, 0.5) is 0 Å². The molecule has 0 aromatic heterocycles. The Morgan fingerprint density at radius 3 is 2.30 bits per heavy atom. The molecule has 0 spiro atoms. The summed E-state index contributed by atoms with van der Waals surface area (Å²) in [6, 6.07) is 7.13. The standard InChI is InChI=1S/C16H25NO2S/c1-3-16(14-7-5-4-6-8-14)17-20(18,19)15-11-9-13(2)10-12-15/h9-12,14,16-17H,3-8H2,1-2H3/t16-/m0/s1. The van der Waals surface area contributed by atoms with Gasteiger partial charge in [-0.05, 0) is 44.2 Å². The zero-order chi connectivity index (χ0) is 14.6. The van der Waals surface area contributed by atoms with E-state index in [2.05, 4.69) is 11.6 Å². The van der Waals surface area contributed by atoms with Gasteiger partial charge < -0.3 is 0 Å². The van der Waals surface area contributed by atoms with E-state index in [1.807, 2.05) is 19.1 Å². The summed E-state index contributed by atoms with van der Waals surface area (Å²) in [5.74, 6) is 0.494. The maximum atomic E-state index is 12.4. The first-order valence-corrected chi connectivity index (χ1v) is 9.10. The van der Waals surface area contributed by atoms with Gasteiger partial charge in [-0.2, -0.15) is 0 Å². The first kappa shape index (κ1) is 15.5. The van der Waals surface area contributed by atoms with Crippen molar-refractivity contribution in [3.63, 3.8) is 0 Å². The summed E-state index contributed by atoms with van der Waals surface area (Å²) in [5.41, 5.74) is 1.07. The van der Waals surface area contributed by atoms with E-state index < -0.39 is 10.0 Å². The van der Waals surface area contributed by atoms with Crippen molar-refractivity contribution in [1.82, 2.24) is 4.72 Å². The van der Waals surface area contributed by atoms with Crippen molar-refractivity contribution in [2.24, 2.45) is 5.92 Å². The SMILES string of the molecule is CC[C@H](NS(=O)(=O)c1ccc(C)cc1)C1CCCCC1. The molecule has 4 heteroatoms. The topological polar surface area (TPSA) is 46.2 Å². The lowest BCUT2D eigenvalue weighted by Gasteiger charge is -2.30. The highest BCUT2D eigenvalue weighted by Crippen LogP contribution is 2.28. The van der Waals surface area contributed by atoms with E-state index in [4.69, 9.17) is 0 Å². The second kappa shape index (κ2) is 6.72. The average Bonchev–Trinajstić information content (AvgIpc) is 2.46. The third-order valence-electron chi connectivity index (χ3n) is 4.30. The molecule has 3 nitrogen and oxygen atoms in total. The van der Waals surface area contributed by atoms with Gasteiger partial charge in [0.15, 0.2) is 0 Å². The molecule has 0 bridgehead atoms. The smallest absolute Gasteiger partial charge is 0.208 e. The number of benzene rings is 1. The number of nitrogens with one attached hydrogen (secondary N) is 1. The number of sulfonamides is 1. The van der Waals surface area contributed by atoms with E-state index in [1.54, 1.807) is 12.1 Å². The summed E-state index contributed by atoms with van der Waals surface area (Å²) in [6.07, 6.45) is 6.90. The molecule has 20 heavy (non-hydrogen) atoms. The van der Waals surface area contributed by atoms with Gasteiger partial charge in [0.1, 0.15) is 0 Å². The first-order chi connectivity index (χ1) is 9.53. The largest absolute Gasteiger partial charge is 0.240 e. The van der Waals surface area contributed by atoms with Gasteiger partial charge in [0.25, 0.3) is 0 Å². The molecule has 1 aliphatic rings. The quantitative estimate of drug-likeness (QED) is 0.901. The van der Waals surface area contributed by atoms with Crippen LogP contribution in [0.25, 0.3) is 0 Å². The number of hydrogen-bond acceptors (Lipinski definition) is 2. The number of aryl methyl sites for hydroxylation is 1. The maximum Gasteiger partial charge on any atom is 0.240 e. The molecule has 112 valence electrons. The van der Waals surface area contributed by atoms with Gasteiger partial charge in [-0.25, -0.2) is 13.1 Å². The third-order valence-corrected chi connectivity index (χ3v) is 5.80. The highest BCUT2D eigenvalue weighted by atomic mass is 32.2. The Bertz CT molecular complexity index is 516. The molecule has 1 fully saturated rings. The zero-order valence-corrected chi connectivity index (χ0v) is 13.2. The van der Waals surface area contributed by atoms with Crippen LogP contribution >= 0.6 is 0 Å². The fraction of sp³-hybridized carbons (Fsp3) is 0.625. The van der Waals surface area contributed by atoms with Crippen molar-refractivity contribution in [2.45, 2.75) is 63.3 Å². The molecule has 0 aliphatic heterocycles. The average molecular weight is 295 g/mol. The van der Waals surface area contributed by atoms with E-state index in [0.717, 1.165) is 24.8 Å². The molecule has 1 aromatic rings. The molecule has 0 saturated heterocycles. The molecule has 1 N–H and O–H groups in total. The lowest BCUT2D eigenvalue weighted by atomic mass is 9.83. The zero-order valence-electron chi connectivity index (χ0n) is 12.4. The Balaban J connectivity index is 2.10. The monoisotopic (exact) mass is 295 g/mol. The van der Waals surface area contributed by atoms with E-state index in [9.17, 15) is 8.42 Å². The number of rotatable bonds is 5. The van der Waals surface area contributed by atoms with Gasteiger partial charge in [-0.15, -0.1) is 0 Å². The van der Waals surface area contributed by atoms with Gasteiger partial charge >= 0.3 is 0 Å². The predicted molar refractivity (Wildman–Crippen MR) is 82.2 cm³/mol. The first-order valence-electron chi connectivity index (χ1n) is 7.62. The molecule has 0 amide bonds. The van der Waals surface area contributed by atoms with E-state index in [1.165, 1.54) is 19.3 Å². The molecular weight excluding hydrogens is 270 g/mol. The van der Waals surface area contributed by atoms with E-state index >= 15 is 0 Å². The fourth-order valence-corrected chi connectivity index (χ4v) is 4.42. The molecular formula is C16H25NO2S. The highest BCUT2D eigenvalue weighted by molar-refractivity contribution is 7.89. The molecule has 0 heterocycles. The highest BCUT2D eigenvalue weighted by Gasteiger charge is 2.26. The Morgan fingerprint density at radius 2 is 1.75 bits per heavy atom. The van der Waals surface area contributed by atoms with Crippen LogP contribution < -0.4 is 4.72 Å². The minimum atomic E-state index is -3.39. The molecule has 1 aromatic carbocycles. The lowest BCUT2D eigenvalue weighted by Crippen LogP contribution is -2.40. The Kier molecular flexibility index (Phi) is 5.22. The second-order valence-electron chi connectivity index (χ2n) is 5.85. The minimum Gasteiger partial charge on any atom is -0.208 e. The van der Waals surface area contributed by atoms with E-state index in [-0.39, 0.29) is 6.04 Å². The van der Waals surface area contributed by atoms with Crippen LogP contribution in [-0.2, 0) is 10.0 Å². The Hall–Kier alpha value is -0.870. The summed E-state index contributed by atoms with van der Waals surface area (Å²) in [5, 5.41) is 0. The van der Waals surface area contributed by atoms with Crippen molar-refractivity contribution < 1.29 is 8.42 Å². The van der Waals surface area contributed by atoms with Crippen molar-refractivity contribution in [2.75, 3.05) is 0 Å². The molecule has 0 unspecified atom stereocenters. The molecule has 1 atom stereocenters. The van der Waals surface area contributed by atoms with Crippen LogP contribution in [-0.4, -0.2) is 14.5 Å². The van der Waals surface area contributed by atoms with E-state index in [0.29, 0.717) is 10.8 Å². The lowest BCUT2D eigenvalue weighted by molar-refractivity contribution is 0.285. The van der Waals surface area contributed by atoms with Crippen molar-refractivity contribution in [1.29, 1.82) is 0 Å². The summed E-state index contributed by atoms with van der Waals surface area (Å²) >= 11 is 0. The van der Waals surface area contributed by atoms with Crippen LogP contribution in [0.1, 0.15) is 51.0 Å². The molecule has 0 radical (unpaired) electrons. The van der Waals surface area contributed by atoms with Crippen LogP contribution in [0, 0.1) is 12.8 Å². The van der Waals surface area contributed by atoms with Crippen LogP contribution in [0.2, 0.25) is 0 Å². The van der Waals surface area contributed by atoms with Gasteiger partial charge in [0.05, 0.1) is 4.90 Å². The Morgan fingerprint density at radius 1 is 1.15 bits per heavy atom. The predicted octanol–water partition coefficient (Wildman–Crippen LogP) is 3.63. The van der Waals surface area contributed by atoms with Crippen LogP contribution in [0.5, 0.6) is 0 Å². The minimum absolute atomic E-state index is 0.0709. The third kappa shape index (κ3) is 3.83. The van der Waals surface area contributed by atoms with Gasteiger partial charge in [0, 0.05) is 6.04 Å². The second-order valence-corrected chi connectivity index (χ2v) is 7.56. The summed E-state index contributed by atoms with van der Waals surface area (Å²) in [4.78, 5) is 0.373. The van der Waals surface area contributed by atoms with Crippen molar-refractivity contribution in [3.8, 4) is 0 Å². The molecule has 1 aliphatic carbocycles. The normalized spacial score (nSPS) is 18.9. The maximum absolute atomic E-state index is 12.4. The molecule has 1 saturated carbocycles. The summed E-state index contributed by atoms with van der Waals surface area (Å²) in [6.45, 7) is 4.03. The summed E-state index contributed by atoms with van der Waals surface area (Å²) in [7, 11) is -3.39. The summed E-state index contributed by atoms with van der Waals surface area (Å²) < 4.78 is 27.8. The fourth-order valence-electron chi connectivity index (χ4n) is 3.03. The van der Waals surface area contributed by atoms with Gasteiger partial charge in [-0.1, -0.05) is 43.9 Å². The van der Waals surface area contributed by atoms with Crippen LogP contribution in [0.3, 0.4) is 0 Å². The Labute approximate surface area is 122 Å². The van der Waals surface area contributed by atoms with Gasteiger partial charge in [-0.3, -0.25) is 0 Å². The van der Waals surface area contributed by atoms with Gasteiger partial charge in [0.2, 0.25) is 10.0 Å². The molecule has 2 rings (SSSR count). The number of hydrogen-bond donors (Lipinski definition) is 1. The van der Waals surface area contributed by atoms with Crippen molar-refractivity contribution in [3.05, 3.63) is 29.8 Å².